The van der Waals surface area contributed by atoms with Gasteiger partial charge in [-0.25, -0.2) is 0 Å². The number of nitrogens with two attached hydrogens (primary N) is 1. The average Bonchev–Trinajstić information content (AvgIpc) is 2.65. The molecule has 0 spiro atoms. The van der Waals surface area contributed by atoms with E-state index in [-0.39, 0.29) is 30.3 Å². The highest BCUT2D eigenvalue weighted by molar-refractivity contribution is 5.85. The number of nitrogens with one attached hydrogen (secondary N) is 1. The molecule has 2 unspecified atom stereocenters. The van der Waals surface area contributed by atoms with Gasteiger partial charge in [-0.2, -0.15) is 0 Å². The molecule has 25 heavy (non-hydrogen) atoms. The number of ether oxygens (including phenoxy) is 2. The van der Waals surface area contributed by atoms with Crippen LogP contribution >= 0.6 is 12.4 Å². The van der Waals surface area contributed by atoms with E-state index < -0.39 is 0 Å². The van der Waals surface area contributed by atoms with Crippen molar-refractivity contribution in [2.75, 3.05) is 14.2 Å². The Bertz CT molecular complexity index is 680. The first-order chi connectivity index (χ1) is 11.6. The fourth-order valence-corrected chi connectivity index (χ4v) is 2.49. The number of carbonyl (C=O) groups excluding carboxylic acids is 1. The molecule has 0 heterocycles. The van der Waals surface area contributed by atoms with Gasteiger partial charge in [0.2, 0.25) is 5.91 Å². The summed E-state index contributed by atoms with van der Waals surface area (Å²) in [6.45, 7) is 2.18. The quantitative estimate of drug-likeness (QED) is 0.791. The van der Waals surface area contributed by atoms with E-state index in [1.54, 1.807) is 14.2 Å². The Kier molecular flexibility index (Phi) is 8.25. The number of hydrogen-bond donors (Lipinski definition) is 2. The first-order valence-electron chi connectivity index (χ1n) is 7.86. The lowest BCUT2D eigenvalue weighted by Crippen LogP contribution is -2.35. The topological polar surface area (TPSA) is 73.6 Å². The predicted octanol–water partition coefficient (Wildman–Crippen LogP) is 3.08. The van der Waals surface area contributed by atoms with Crippen LogP contribution in [0.2, 0.25) is 0 Å². The monoisotopic (exact) mass is 364 g/mol. The third-order valence-corrected chi connectivity index (χ3v) is 4.08. The molecule has 5 nitrogen and oxygen atoms in total. The highest BCUT2D eigenvalue weighted by atomic mass is 35.5. The third-order valence-electron chi connectivity index (χ3n) is 4.08. The van der Waals surface area contributed by atoms with Gasteiger partial charge in [0.05, 0.1) is 20.1 Å². The van der Waals surface area contributed by atoms with Crippen molar-refractivity contribution in [1.29, 1.82) is 0 Å². The molecule has 0 aliphatic heterocycles. The zero-order chi connectivity index (χ0) is 17.5. The number of methoxy groups -OCH3 is 2. The minimum atomic E-state index is -0.349. The van der Waals surface area contributed by atoms with Crippen LogP contribution in [-0.2, 0) is 11.3 Å². The molecule has 0 aliphatic carbocycles. The lowest BCUT2D eigenvalue weighted by atomic mass is 9.94. The molecule has 0 radical (unpaired) electrons. The number of benzene rings is 2. The summed E-state index contributed by atoms with van der Waals surface area (Å²) in [6.07, 6.45) is 0. The van der Waals surface area contributed by atoms with Gasteiger partial charge in [0, 0.05) is 18.2 Å². The van der Waals surface area contributed by atoms with E-state index in [9.17, 15) is 4.79 Å². The Hall–Kier alpha value is -2.24. The summed E-state index contributed by atoms with van der Waals surface area (Å²) in [5.41, 5.74) is 8.00. The van der Waals surface area contributed by atoms with E-state index in [1.807, 2.05) is 55.5 Å². The summed E-state index contributed by atoms with van der Waals surface area (Å²) >= 11 is 0. The molecule has 0 aromatic heterocycles. The van der Waals surface area contributed by atoms with Crippen LogP contribution in [0.25, 0.3) is 0 Å². The van der Waals surface area contributed by atoms with Gasteiger partial charge in [-0.05, 0) is 23.8 Å². The van der Waals surface area contributed by atoms with E-state index in [1.165, 1.54) is 0 Å². The second-order valence-corrected chi connectivity index (χ2v) is 5.62. The molecule has 2 rings (SSSR count). The lowest BCUT2D eigenvalue weighted by Gasteiger charge is -2.20. The van der Waals surface area contributed by atoms with Gasteiger partial charge in [-0.15, -0.1) is 12.4 Å². The van der Waals surface area contributed by atoms with Crippen molar-refractivity contribution < 1.29 is 14.3 Å². The van der Waals surface area contributed by atoms with Crippen LogP contribution in [0.1, 0.15) is 24.1 Å². The maximum atomic E-state index is 12.4. The highest BCUT2D eigenvalue weighted by Crippen LogP contribution is 2.24. The first-order valence-corrected chi connectivity index (χ1v) is 7.86. The SMILES string of the molecule is COc1ccc(OC)c(CNC(=O)C(C)C(N)c2ccccc2)c1.Cl. The molecule has 0 bridgehead atoms. The molecule has 136 valence electrons. The number of rotatable bonds is 7. The fourth-order valence-electron chi connectivity index (χ4n) is 2.49. The van der Waals surface area contributed by atoms with Gasteiger partial charge in [0.25, 0.3) is 0 Å². The molecular formula is C19H25ClN2O3. The maximum Gasteiger partial charge on any atom is 0.225 e. The van der Waals surface area contributed by atoms with Crippen molar-refractivity contribution in [3.63, 3.8) is 0 Å². The van der Waals surface area contributed by atoms with Crippen molar-refractivity contribution in [3.05, 3.63) is 59.7 Å². The molecule has 0 fully saturated rings. The molecule has 6 heteroatoms. The van der Waals surface area contributed by atoms with Gasteiger partial charge in [-0.1, -0.05) is 37.3 Å². The van der Waals surface area contributed by atoms with Crippen molar-refractivity contribution in [3.8, 4) is 11.5 Å². The molecular weight excluding hydrogens is 340 g/mol. The van der Waals surface area contributed by atoms with Gasteiger partial charge in [-0.3, -0.25) is 4.79 Å². The zero-order valence-corrected chi connectivity index (χ0v) is 15.5. The zero-order valence-electron chi connectivity index (χ0n) is 14.7. The van der Waals surface area contributed by atoms with Crippen LogP contribution in [-0.4, -0.2) is 20.1 Å². The molecule has 0 saturated carbocycles. The van der Waals surface area contributed by atoms with Crippen LogP contribution < -0.4 is 20.5 Å². The van der Waals surface area contributed by atoms with Crippen LogP contribution in [0, 0.1) is 5.92 Å². The Morgan fingerprint density at radius 2 is 1.80 bits per heavy atom. The smallest absolute Gasteiger partial charge is 0.225 e. The first kappa shape index (κ1) is 20.8. The van der Waals surface area contributed by atoms with E-state index in [0.29, 0.717) is 18.0 Å². The lowest BCUT2D eigenvalue weighted by molar-refractivity contribution is -0.125. The molecule has 2 aromatic rings. The summed E-state index contributed by atoms with van der Waals surface area (Å²) in [5, 5.41) is 2.92. The van der Waals surface area contributed by atoms with Crippen molar-refractivity contribution in [2.45, 2.75) is 19.5 Å². The summed E-state index contributed by atoms with van der Waals surface area (Å²) in [4.78, 5) is 12.4. The van der Waals surface area contributed by atoms with E-state index in [0.717, 1.165) is 11.1 Å². The van der Waals surface area contributed by atoms with Crippen molar-refractivity contribution >= 4 is 18.3 Å². The van der Waals surface area contributed by atoms with Gasteiger partial charge in [0.15, 0.2) is 0 Å². The Morgan fingerprint density at radius 3 is 2.40 bits per heavy atom. The highest BCUT2D eigenvalue weighted by Gasteiger charge is 2.22. The predicted molar refractivity (Wildman–Crippen MR) is 101 cm³/mol. The van der Waals surface area contributed by atoms with Gasteiger partial charge >= 0.3 is 0 Å². The van der Waals surface area contributed by atoms with Crippen LogP contribution in [0.5, 0.6) is 11.5 Å². The largest absolute Gasteiger partial charge is 0.497 e. The summed E-state index contributed by atoms with van der Waals surface area (Å²) in [7, 11) is 3.20. The third kappa shape index (κ3) is 5.37. The summed E-state index contributed by atoms with van der Waals surface area (Å²) in [5.74, 6) is 0.977. The average molecular weight is 365 g/mol. The minimum absolute atomic E-state index is 0. The van der Waals surface area contributed by atoms with Crippen LogP contribution in [0.4, 0.5) is 0 Å². The Morgan fingerprint density at radius 1 is 1.12 bits per heavy atom. The van der Waals surface area contributed by atoms with E-state index in [4.69, 9.17) is 15.2 Å². The minimum Gasteiger partial charge on any atom is -0.497 e. The normalized spacial score (nSPS) is 12.5. The second kappa shape index (κ2) is 9.91. The fraction of sp³-hybridized carbons (Fsp3) is 0.316. The summed E-state index contributed by atoms with van der Waals surface area (Å²) < 4.78 is 10.5. The van der Waals surface area contributed by atoms with Crippen LogP contribution in [0.15, 0.2) is 48.5 Å². The van der Waals surface area contributed by atoms with Crippen molar-refractivity contribution in [2.24, 2.45) is 11.7 Å². The molecule has 1 amide bonds. The standard InChI is InChI=1S/C19H24N2O3.ClH/c1-13(18(20)14-7-5-4-6-8-14)19(22)21-12-15-11-16(23-2)9-10-17(15)24-3;/h4-11,13,18H,12,20H2,1-3H3,(H,21,22);1H. The maximum absolute atomic E-state index is 12.4. The van der Waals surface area contributed by atoms with Gasteiger partial charge in [0.1, 0.15) is 11.5 Å². The van der Waals surface area contributed by atoms with E-state index in [2.05, 4.69) is 5.32 Å². The molecule has 0 saturated heterocycles. The summed E-state index contributed by atoms with van der Waals surface area (Å²) in [6, 6.07) is 14.8. The Balaban J connectivity index is 0.00000312. The number of hydrogen-bond acceptors (Lipinski definition) is 4. The van der Waals surface area contributed by atoms with E-state index >= 15 is 0 Å². The Labute approximate surface area is 154 Å². The second-order valence-electron chi connectivity index (χ2n) is 5.62. The van der Waals surface area contributed by atoms with Crippen LogP contribution in [0.3, 0.4) is 0 Å². The van der Waals surface area contributed by atoms with Crippen molar-refractivity contribution in [1.82, 2.24) is 5.32 Å². The molecule has 0 aliphatic rings. The molecule has 3 N–H and O–H groups in total. The molecule has 2 aromatic carbocycles. The number of halogens is 1. The molecule has 2 atom stereocenters. The number of carbonyl (C=O) groups is 1. The van der Waals surface area contributed by atoms with Gasteiger partial charge < -0.3 is 20.5 Å². The number of amides is 1.